The zero-order chi connectivity index (χ0) is 22.1. The van der Waals surface area contributed by atoms with Gasteiger partial charge in [-0.2, -0.15) is 0 Å². The fraction of sp³-hybridized carbons (Fsp3) is 0.429. The number of halogens is 2. The van der Waals surface area contributed by atoms with Crippen LogP contribution >= 0.6 is 11.6 Å². The first-order valence-electron chi connectivity index (χ1n) is 10.2. The highest BCUT2D eigenvalue weighted by atomic mass is 35.5. The number of carbonyl (C=O) groups excluding carboxylic acids is 2. The molecule has 3 heterocycles. The lowest BCUT2D eigenvalue weighted by molar-refractivity contribution is -0.126. The molecule has 0 radical (unpaired) electrons. The van der Waals surface area contributed by atoms with Gasteiger partial charge in [-0.3, -0.25) is 4.79 Å². The molecule has 0 bridgehead atoms. The van der Waals surface area contributed by atoms with Crippen molar-refractivity contribution in [1.82, 2.24) is 25.1 Å². The first-order valence-corrected chi connectivity index (χ1v) is 10.5. The molecule has 2 atom stereocenters. The Morgan fingerprint density at radius 3 is 2.90 bits per heavy atom. The molecule has 2 aliphatic rings. The SMILES string of the molecule is CC(NC(=O)N1CCc2cnc(NC3CC(=O)N(C)C3)nc2C1)c1ccc(Cl)c(F)c1. The smallest absolute Gasteiger partial charge is 0.318 e. The predicted octanol–water partition coefficient (Wildman–Crippen LogP) is 2.74. The summed E-state index contributed by atoms with van der Waals surface area (Å²) in [6, 6.07) is 3.85. The number of anilines is 1. The largest absolute Gasteiger partial charge is 0.349 e. The van der Waals surface area contributed by atoms with E-state index in [1.54, 1.807) is 36.0 Å². The van der Waals surface area contributed by atoms with Crippen LogP contribution in [0.2, 0.25) is 5.02 Å². The number of amides is 3. The zero-order valence-corrected chi connectivity index (χ0v) is 18.1. The van der Waals surface area contributed by atoms with Gasteiger partial charge in [-0.15, -0.1) is 0 Å². The second-order valence-corrected chi connectivity index (χ2v) is 8.41. The van der Waals surface area contributed by atoms with Gasteiger partial charge in [-0.1, -0.05) is 17.7 Å². The Morgan fingerprint density at radius 2 is 2.19 bits per heavy atom. The average molecular weight is 447 g/mol. The Bertz CT molecular complexity index is 1020. The van der Waals surface area contributed by atoms with E-state index in [1.807, 2.05) is 0 Å². The number of nitrogens with one attached hydrogen (secondary N) is 2. The molecule has 3 amide bonds. The summed E-state index contributed by atoms with van der Waals surface area (Å²) in [5, 5.41) is 6.16. The average Bonchev–Trinajstić information content (AvgIpc) is 3.06. The van der Waals surface area contributed by atoms with Crippen molar-refractivity contribution < 1.29 is 14.0 Å². The van der Waals surface area contributed by atoms with Gasteiger partial charge < -0.3 is 20.4 Å². The Morgan fingerprint density at radius 1 is 1.39 bits per heavy atom. The number of likely N-dealkylation sites (tertiary alicyclic amines) is 1. The van der Waals surface area contributed by atoms with Crippen molar-refractivity contribution in [3.05, 3.63) is 52.1 Å². The van der Waals surface area contributed by atoms with Gasteiger partial charge in [0.15, 0.2) is 0 Å². The second kappa shape index (κ2) is 8.66. The maximum atomic E-state index is 13.7. The number of carbonyl (C=O) groups is 2. The van der Waals surface area contributed by atoms with Gasteiger partial charge in [0.1, 0.15) is 5.82 Å². The Kier molecular flexibility index (Phi) is 5.95. The molecule has 0 saturated carbocycles. The van der Waals surface area contributed by atoms with Gasteiger partial charge in [0.25, 0.3) is 0 Å². The fourth-order valence-corrected chi connectivity index (χ4v) is 3.95. The topological polar surface area (TPSA) is 90.5 Å². The normalized spacial score (nSPS) is 19.2. The minimum atomic E-state index is -0.515. The molecular formula is C21H24ClFN6O2. The van der Waals surface area contributed by atoms with Crippen molar-refractivity contribution in [2.75, 3.05) is 25.5 Å². The molecule has 0 spiro atoms. The molecular weight excluding hydrogens is 423 g/mol. The van der Waals surface area contributed by atoms with Crippen LogP contribution in [0.25, 0.3) is 0 Å². The summed E-state index contributed by atoms with van der Waals surface area (Å²) in [6.45, 7) is 3.29. The number of aromatic nitrogens is 2. The molecule has 31 heavy (non-hydrogen) atoms. The molecule has 0 aliphatic carbocycles. The van der Waals surface area contributed by atoms with Crippen molar-refractivity contribution in [3.63, 3.8) is 0 Å². The number of hydrogen-bond acceptors (Lipinski definition) is 5. The van der Waals surface area contributed by atoms with Crippen molar-refractivity contribution in [1.29, 1.82) is 0 Å². The zero-order valence-electron chi connectivity index (χ0n) is 17.4. The van der Waals surface area contributed by atoms with E-state index in [-0.39, 0.29) is 29.0 Å². The lowest BCUT2D eigenvalue weighted by Crippen LogP contribution is -2.44. The standard InChI is InChI=1S/C21H24ClFN6O2/c1-12(13-3-4-16(22)17(23)7-13)25-21(31)29-6-5-14-9-24-20(27-18(14)11-29)26-15-8-19(30)28(2)10-15/h3-4,7,9,12,15H,5-6,8,10-11H2,1-2H3,(H,25,31)(H,24,26,27). The minimum Gasteiger partial charge on any atom is -0.349 e. The number of rotatable bonds is 4. The molecule has 2 aliphatic heterocycles. The summed E-state index contributed by atoms with van der Waals surface area (Å²) in [4.78, 5) is 36.8. The van der Waals surface area contributed by atoms with E-state index in [0.29, 0.717) is 44.0 Å². The van der Waals surface area contributed by atoms with Gasteiger partial charge in [0.05, 0.1) is 29.3 Å². The van der Waals surface area contributed by atoms with E-state index in [2.05, 4.69) is 20.6 Å². The quantitative estimate of drug-likeness (QED) is 0.753. The fourth-order valence-electron chi connectivity index (χ4n) is 3.83. The predicted molar refractivity (Wildman–Crippen MR) is 114 cm³/mol. The minimum absolute atomic E-state index is 0.0286. The molecule has 1 aromatic heterocycles. The third kappa shape index (κ3) is 4.71. The summed E-state index contributed by atoms with van der Waals surface area (Å²) in [6.07, 6.45) is 2.84. The van der Waals surface area contributed by atoms with E-state index < -0.39 is 5.82 Å². The third-order valence-corrected chi connectivity index (χ3v) is 6.00. The van der Waals surface area contributed by atoms with Crippen LogP contribution in [0, 0.1) is 5.82 Å². The summed E-state index contributed by atoms with van der Waals surface area (Å²) in [5.41, 5.74) is 2.42. The van der Waals surface area contributed by atoms with Crippen molar-refractivity contribution in [2.45, 2.75) is 38.4 Å². The second-order valence-electron chi connectivity index (χ2n) is 8.00. The Hall–Kier alpha value is -2.94. The van der Waals surface area contributed by atoms with Crippen LogP contribution in [-0.2, 0) is 17.8 Å². The summed E-state index contributed by atoms with van der Waals surface area (Å²) in [7, 11) is 1.77. The van der Waals surface area contributed by atoms with Crippen LogP contribution < -0.4 is 10.6 Å². The number of hydrogen-bond donors (Lipinski definition) is 2. The van der Waals surface area contributed by atoms with Gasteiger partial charge in [-0.05, 0) is 36.6 Å². The van der Waals surface area contributed by atoms with Crippen molar-refractivity contribution in [3.8, 4) is 0 Å². The lowest BCUT2D eigenvalue weighted by Gasteiger charge is -2.29. The van der Waals surface area contributed by atoms with Crippen molar-refractivity contribution >= 4 is 29.5 Å². The van der Waals surface area contributed by atoms with E-state index in [1.165, 1.54) is 12.1 Å². The molecule has 10 heteroatoms. The number of likely N-dealkylation sites (N-methyl/N-ethyl adjacent to an activating group) is 1. The van der Waals surface area contributed by atoms with Crippen LogP contribution in [0.5, 0.6) is 0 Å². The molecule has 2 unspecified atom stereocenters. The van der Waals surface area contributed by atoms with Crippen LogP contribution in [-0.4, -0.2) is 57.9 Å². The highest BCUT2D eigenvalue weighted by Crippen LogP contribution is 2.22. The van der Waals surface area contributed by atoms with Crippen molar-refractivity contribution in [2.24, 2.45) is 0 Å². The maximum Gasteiger partial charge on any atom is 0.318 e. The van der Waals surface area contributed by atoms with E-state index >= 15 is 0 Å². The molecule has 164 valence electrons. The number of nitrogens with zero attached hydrogens (tertiary/aromatic N) is 4. The highest BCUT2D eigenvalue weighted by Gasteiger charge is 2.28. The first kappa shape index (κ1) is 21.3. The summed E-state index contributed by atoms with van der Waals surface area (Å²) < 4.78 is 13.7. The van der Waals surface area contributed by atoms with E-state index in [0.717, 1.165) is 11.3 Å². The van der Waals surface area contributed by atoms with Gasteiger partial charge >= 0.3 is 6.03 Å². The third-order valence-electron chi connectivity index (χ3n) is 5.69. The summed E-state index contributed by atoms with van der Waals surface area (Å²) in [5.74, 6) is 0.0335. The molecule has 2 N–H and O–H groups in total. The van der Waals surface area contributed by atoms with Crippen LogP contribution in [0.4, 0.5) is 15.1 Å². The monoisotopic (exact) mass is 446 g/mol. The number of benzene rings is 1. The molecule has 4 rings (SSSR count). The number of urea groups is 1. The van der Waals surface area contributed by atoms with Crippen LogP contribution in [0.15, 0.2) is 24.4 Å². The molecule has 8 nitrogen and oxygen atoms in total. The molecule has 1 aromatic carbocycles. The summed E-state index contributed by atoms with van der Waals surface area (Å²) >= 11 is 5.73. The lowest BCUT2D eigenvalue weighted by atomic mass is 10.1. The van der Waals surface area contributed by atoms with Gasteiger partial charge in [0, 0.05) is 32.8 Å². The maximum absolute atomic E-state index is 13.7. The molecule has 2 aromatic rings. The first-order chi connectivity index (χ1) is 14.8. The molecule has 1 saturated heterocycles. The molecule has 1 fully saturated rings. The Labute approximate surface area is 184 Å². The highest BCUT2D eigenvalue weighted by molar-refractivity contribution is 6.30. The van der Waals surface area contributed by atoms with Crippen LogP contribution in [0.3, 0.4) is 0 Å². The van der Waals surface area contributed by atoms with Gasteiger partial charge in [0.2, 0.25) is 11.9 Å². The van der Waals surface area contributed by atoms with Crippen LogP contribution in [0.1, 0.15) is 36.2 Å². The number of fused-ring (bicyclic) bond motifs is 1. The van der Waals surface area contributed by atoms with Gasteiger partial charge in [-0.25, -0.2) is 19.2 Å². The van der Waals surface area contributed by atoms with E-state index in [4.69, 9.17) is 11.6 Å². The Balaban J connectivity index is 1.39. The van der Waals surface area contributed by atoms with E-state index in [9.17, 15) is 14.0 Å².